The molecule has 0 bridgehead atoms. The number of nitrogens with one attached hydrogen (secondary N) is 1. The second kappa shape index (κ2) is 10.0. The number of amides is 1. The van der Waals surface area contributed by atoms with Gasteiger partial charge in [0.25, 0.3) is 5.56 Å². The number of carbonyl (C=O) groups is 2. The maximum Gasteiger partial charge on any atom is 0.303 e. The van der Waals surface area contributed by atoms with Crippen LogP contribution in [0.5, 0.6) is 0 Å². The first-order valence-electron chi connectivity index (χ1n) is 12.3. The second-order valence-electron chi connectivity index (χ2n) is 9.48. The molecule has 3 aromatic rings. The average Bonchev–Trinajstić information content (AvgIpc) is 3.32. The molecule has 1 aliphatic carbocycles. The van der Waals surface area contributed by atoms with Crippen LogP contribution in [0.2, 0.25) is 5.82 Å². The number of rotatable bonds is 6. The van der Waals surface area contributed by atoms with E-state index in [-0.39, 0.29) is 24.2 Å². The highest BCUT2D eigenvalue weighted by molar-refractivity contribution is 6.14. The zero-order valence-corrected chi connectivity index (χ0v) is 20.5. The number of hydrogen-bond donors (Lipinski definition) is 2. The van der Waals surface area contributed by atoms with Gasteiger partial charge in [0.1, 0.15) is 0 Å². The van der Waals surface area contributed by atoms with Crippen molar-refractivity contribution in [2.24, 2.45) is 5.10 Å². The third-order valence-corrected chi connectivity index (χ3v) is 6.79. The van der Waals surface area contributed by atoms with Crippen LogP contribution in [0.25, 0.3) is 22.0 Å². The normalized spacial score (nSPS) is 19.1. The highest BCUT2D eigenvalue weighted by atomic mass is 16.4. The topological polar surface area (TPSA) is 103 Å². The van der Waals surface area contributed by atoms with E-state index in [0.717, 1.165) is 33.2 Å². The van der Waals surface area contributed by atoms with Crippen molar-refractivity contribution in [2.45, 2.75) is 44.5 Å². The number of pyridine rings is 1. The van der Waals surface area contributed by atoms with Crippen molar-refractivity contribution in [1.29, 1.82) is 0 Å². The Morgan fingerprint density at radius 3 is 2.62 bits per heavy atom. The van der Waals surface area contributed by atoms with Crippen molar-refractivity contribution in [3.05, 3.63) is 93.8 Å². The molecule has 5 rings (SSSR count). The Balaban J connectivity index is 1.67. The molecule has 1 amide bonds. The Labute approximate surface area is 215 Å². The molecule has 1 aliphatic heterocycles. The van der Waals surface area contributed by atoms with E-state index in [2.05, 4.69) is 10.1 Å². The Kier molecular flexibility index (Phi) is 6.65. The van der Waals surface area contributed by atoms with E-state index < -0.39 is 17.9 Å². The number of aliphatic carboxylic acids is 1. The number of aromatic amines is 1. The minimum Gasteiger partial charge on any atom is -0.481 e. The van der Waals surface area contributed by atoms with Crippen molar-refractivity contribution in [3.63, 3.8) is 0 Å². The Hall–Kier alpha value is -4.20. The van der Waals surface area contributed by atoms with Gasteiger partial charge in [0, 0.05) is 29.3 Å². The van der Waals surface area contributed by atoms with Crippen molar-refractivity contribution in [2.75, 3.05) is 0 Å². The summed E-state index contributed by atoms with van der Waals surface area (Å²) >= 11 is 0. The third kappa shape index (κ3) is 4.92. The standard InChI is InChI=1S/C29H26BN3O4/c1-17-7-12-22-21(15-17)27(19-5-3-2-4-6-19)28(29(37)31-22)23-16-24(18-8-10-20(30)11-9-18)33(32-23)25(34)13-14-26(35)36/h2-10,12,15,20,24H,11,13-14,16H2,1H3,(H,31,37)(H,35,36). The fourth-order valence-corrected chi connectivity index (χ4v) is 4.97. The Morgan fingerprint density at radius 1 is 1.14 bits per heavy atom. The molecule has 2 heterocycles. The highest BCUT2D eigenvalue weighted by Gasteiger charge is 2.36. The lowest BCUT2D eigenvalue weighted by Gasteiger charge is -2.25. The molecule has 0 saturated heterocycles. The smallest absolute Gasteiger partial charge is 0.303 e. The number of carboxylic acids is 1. The molecular formula is C29H26BN3O4. The zero-order valence-electron chi connectivity index (χ0n) is 20.5. The summed E-state index contributed by atoms with van der Waals surface area (Å²) in [6.07, 6.45) is 6.23. The molecule has 2 aromatic carbocycles. The quantitative estimate of drug-likeness (QED) is 0.495. The minimum atomic E-state index is -1.05. The first-order valence-corrected chi connectivity index (χ1v) is 12.3. The highest BCUT2D eigenvalue weighted by Crippen LogP contribution is 2.35. The number of allylic oxidation sites excluding steroid dienone is 2. The average molecular weight is 491 g/mol. The summed E-state index contributed by atoms with van der Waals surface area (Å²) in [5, 5.41) is 16.0. The molecule has 0 spiro atoms. The van der Waals surface area contributed by atoms with E-state index in [1.807, 2.05) is 73.7 Å². The summed E-state index contributed by atoms with van der Waals surface area (Å²) in [7, 11) is 6.01. The lowest BCUT2D eigenvalue weighted by atomic mass is 9.79. The van der Waals surface area contributed by atoms with Crippen LogP contribution in [0.1, 0.15) is 36.8 Å². The summed E-state index contributed by atoms with van der Waals surface area (Å²) in [5.74, 6) is -1.55. The molecular weight excluding hydrogens is 465 g/mol. The molecule has 0 saturated carbocycles. The molecule has 2 radical (unpaired) electrons. The number of hydrogen-bond acceptors (Lipinski definition) is 4. The third-order valence-electron chi connectivity index (χ3n) is 6.79. The molecule has 1 aromatic heterocycles. The fourth-order valence-electron chi connectivity index (χ4n) is 4.97. The van der Waals surface area contributed by atoms with Crippen LogP contribution in [0.3, 0.4) is 0 Å². The lowest BCUT2D eigenvalue weighted by Crippen LogP contribution is -2.34. The van der Waals surface area contributed by atoms with Gasteiger partial charge in [0.2, 0.25) is 5.91 Å². The molecule has 2 unspecified atom stereocenters. The maximum absolute atomic E-state index is 13.6. The van der Waals surface area contributed by atoms with E-state index in [1.165, 1.54) is 5.01 Å². The molecule has 2 aliphatic rings. The first kappa shape index (κ1) is 24.5. The predicted octanol–water partition coefficient (Wildman–Crippen LogP) is 4.52. The first-order chi connectivity index (χ1) is 17.8. The number of carboxylic acid groups (broad SMARTS) is 1. The summed E-state index contributed by atoms with van der Waals surface area (Å²) in [4.78, 5) is 40.8. The largest absolute Gasteiger partial charge is 0.481 e. The molecule has 2 N–H and O–H groups in total. The van der Waals surface area contributed by atoms with Gasteiger partial charge in [0.05, 0.1) is 31.6 Å². The number of fused-ring (bicyclic) bond motifs is 1. The molecule has 8 heteroatoms. The number of H-pyrrole nitrogens is 1. The zero-order chi connectivity index (χ0) is 26.1. The summed E-state index contributed by atoms with van der Waals surface area (Å²) < 4.78 is 0. The fraction of sp³-hybridized carbons (Fsp3) is 0.241. The van der Waals surface area contributed by atoms with E-state index >= 15 is 0 Å². The van der Waals surface area contributed by atoms with Gasteiger partial charge in [-0.2, -0.15) is 5.10 Å². The number of aromatic nitrogens is 1. The Bertz CT molecular complexity index is 1540. The van der Waals surface area contributed by atoms with Gasteiger partial charge in [0.15, 0.2) is 0 Å². The molecule has 7 nitrogen and oxygen atoms in total. The monoisotopic (exact) mass is 491 g/mol. The van der Waals surface area contributed by atoms with Crippen molar-refractivity contribution in [1.82, 2.24) is 9.99 Å². The second-order valence-corrected chi connectivity index (χ2v) is 9.48. The molecule has 37 heavy (non-hydrogen) atoms. The number of carbonyl (C=O) groups excluding carboxylic acids is 1. The van der Waals surface area contributed by atoms with Gasteiger partial charge in [-0.1, -0.05) is 66.0 Å². The number of benzene rings is 2. The minimum absolute atomic E-state index is 0.0991. The van der Waals surface area contributed by atoms with Gasteiger partial charge in [-0.3, -0.25) is 14.4 Å². The van der Waals surface area contributed by atoms with Gasteiger partial charge < -0.3 is 10.1 Å². The van der Waals surface area contributed by atoms with E-state index in [4.69, 9.17) is 13.0 Å². The maximum atomic E-state index is 13.6. The van der Waals surface area contributed by atoms with Gasteiger partial charge in [-0.15, -0.1) is 0 Å². The predicted molar refractivity (Wildman–Crippen MR) is 145 cm³/mol. The van der Waals surface area contributed by atoms with Crippen molar-refractivity contribution in [3.8, 4) is 11.1 Å². The van der Waals surface area contributed by atoms with E-state index in [1.54, 1.807) is 0 Å². The van der Waals surface area contributed by atoms with Crippen molar-refractivity contribution >= 4 is 36.3 Å². The van der Waals surface area contributed by atoms with Gasteiger partial charge in [-0.05, 0) is 36.6 Å². The van der Waals surface area contributed by atoms with Gasteiger partial charge in [-0.25, -0.2) is 5.01 Å². The molecule has 184 valence electrons. The lowest BCUT2D eigenvalue weighted by molar-refractivity contribution is -0.141. The number of aryl methyl sites for hydroxylation is 1. The van der Waals surface area contributed by atoms with E-state index in [0.29, 0.717) is 24.1 Å². The van der Waals surface area contributed by atoms with Crippen LogP contribution in [-0.2, 0) is 9.59 Å². The van der Waals surface area contributed by atoms with Crippen LogP contribution < -0.4 is 5.56 Å². The number of hydrazone groups is 1. The number of nitrogens with zero attached hydrogens (tertiary/aromatic N) is 2. The summed E-state index contributed by atoms with van der Waals surface area (Å²) in [6.45, 7) is 2.00. The van der Waals surface area contributed by atoms with Crippen LogP contribution in [0.4, 0.5) is 0 Å². The van der Waals surface area contributed by atoms with Crippen LogP contribution in [0.15, 0.2) is 82.2 Å². The summed E-state index contributed by atoms with van der Waals surface area (Å²) in [5.41, 5.74) is 4.89. The van der Waals surface area contributed by atoms with Crippen LogP contribution in [-0.4, -0.2) is 46.6 Å². The van der Waals surface area contributed by atoms with Crippen LogP contribution >= 0.6 is 0 Å². The van der Waals surface area contributed by atoms with Crippen molar-refractivity contribution < 1.29 is 14.7 Å². The SMILES string of the molecule is [B]C1C=CC(C2CC(c3c(-c4ccccc4)c4cc(C)ccc4[nH]c3=O)=NN2C(=O)CCC(=O)O)=CC1. The van der Waals surface area contributed by atoms with E-state index in [9.17, 15) is 14.4 Å². The molecule has 0 fully saturated rings. The van der Waals surface area contributed by atoms with Gasteiger partial charge >= 0.3 is 5.97 Å². The Morgan fingerprint density at radius 2 is 1.92 bits per heavy atom. The van der Waals surface area contributed by atoms with Crippen LogP contribution in [0, 0.1) is 6.92 Å². The molecule has 2 atom stereocenters. The summed E-state index contributed by atoms with van der Waals surface area (Å²) in [6, 6.07) is 15.1.